The highest BCUT2D eigenvalue weighted by Gasteiger charge is 2.37. The number of aliphatic hydroxyl groups excluding tert-OH is 1. The lowest BCUT2D eigenvalue weighted by Crippen LogP contribution is -2.32. The van der Waals surface area contributed by atoms with Gasteiger partial charge >= 0.3 is 6.18 Å². The summed E-state index contributed by atoms with van der Waals surface area (Å²) in [5, 5.41) is 15.1. The molecular weight excluding hydrogens is 331 g/mol. The van der Waals surface area contributed by atoms with Crippen LogP contribution in [0.1, 0.15) is 34.1 Å². The zero-order valence-corrected chi connectivity index (χ0v) is 12.5. The van der Waals surface area contributed by atoms with Crippen LogP contribution < -0.4 is 0 Å². The van der Waals surface area contributed by atoms with Gasteiger partial charge in [-0.25, -0.2) is 0 Å². The topological polar surface area (TPSA) is 66.3 Å². The SMILES string of the molecule is O=C(c1csnn1)N1CC(O)CC1c1ccc(C(F)(F)F)cc1. The van der Waals surface area contributed by atoms with Gasteiger partial charge in [0.1, 0.15) is 0 Å². The van der Waals surface area contributed by atoms with Crippen LogP contribution >= 0.6 is 11.5 Å². The Labute approximate surface area is 133 Å². The third kappa shape index (κ3) is 3.20. The molecule has 1 N–H and O–H groups in total. The van der Waals surface area contributed by atoms with E-state index in [0.29, 0.717) is 5.56 Å². The zero-order chi connectivity index (χ0) is 16.6. The van der Waals surface area contributed by atoms with Crippen LogP contribution in [0.4, 0.5) is 13.2 Å². The molecule has 5 nitrogen and oxygen atoms in total. The largest absolute Gasteiger partial charge is 0.416 e. The van der Waals surface area contributed by atoms with Crippen molar-refractivity contribution in [2.24, 2.45) is 0 Å². The van der Waals surface area contributed by atoms with Crippen molar-refractivity contribution in [1.82, 2.24) is 14.5 Å². The molecule has 0 spiro atoms. The maximum absolute atomic E-state index is 12.6. The van der Waals surface area contributed by atoms with E-state index in [0.717, 1.165) is 23.7 Å². The fourth-order valence-corrected chi connectivity index (χ4v) is 3.08. The van der Waals surface area contributed by atoms with Crippen LogP contribution in [0, 0.1) is 0 Å². The molecule has 0 radical (unpaired) electrons. The van der Waals surface area contributed by atoms with E-state index in [-0.39, 0.29) is 24.6 Å². The monoisotopic (exact) mass is 343 g/mol. The van der Waals surface area contributed by atoms with Crippen molar-refractivity contribution in [1.29, 1.82) is 0 Å². The molecule has 9 heteroatoms. The van der Waals surface area contributed by atoms with E-state index in [9.17, 15) is 23.1 Å². The van der Waals surface area contributed by atoms with Crippen LogP contribution in [0.5, 0.6) is 0 Å². The molecule has 0 bridgehead atoms. The summed E-state index contributed by atoms with van der Waals surface area (Å²) >= 11 is 1.03. The van der Waals surface area contributed by atoms with Gasteiger partial charge in [-0.1, -0.05) is 16.6 Å². The first kappa shape index (κ1) is 15.9. The Balaban J connectivity index is 1.86. The summed E-state index contributed by atoms with van der Waals surface area (Å²) in [6, 6.07) is 4.15. The number of carbonyl (C=O) groups is 1. The summed E-state index contributed by atoms with van der Waals surface area (Å²) < 4.78 is 41.5. The van der Waals surface area contributed by atoms with Gasteiger partial charge in [0.25, 0.3) is 5.91 Å². The van der Waals surface area contributed by atoms with Gasteiger partial charge in [-0.2, -0.15) is 13.2 Å². The van der Waals surface area contributed by atoms with E-state index in [1.54, 1.807) is 0 Å². The van der Waals surface area contributed by atoms with E-state index in [4.69, 9.17) is 0 Å². The Morgan fingerprint density at radius 3 is 2.57 bits per heavy atom. The van der Waals surface area contributed by atoms with Gasteiger partial charge in [0.15, 0.2) is 5.69 Å². The molecule has 0 saturated carbocycles. The number of alkyl halides is 3. The number of benzene rings is 1. The van der Waals surface area contributed by atoms with Crippen molar-refractivity contribution in [2.45, 2.75) is 24.7 Å². The summed E-state index contributed by atoms with van der Waals surface area (Å²) in [6.07, 6.45) is -4.86. The second-order valence-corrected chi connectivity index (χ2v) is 5.88. The molecule has 1 saturated heterocycles. The number of rotatable bonds is 2. The van der Waals surface area contributed by atoms with Gasteiger partial charge in [-0.15, -0.1) is 5.10 Å². The van der Waals surface area contributed by atoms with Crippen molar-refractivity contribution in [3.8, 4) is 0 Å². The van der Waals surface area contributed by atoms with Crippen molar-refractivity contribution in [2.75, 3.05) is 6.54 Å². The molecule has 0 aliphatic carbocycles. The fraction of sp³-hybridized carbons (Fsp3) is 0.357. The summed E-state index contributed by atoms with van der Waals surface area (Å²) in [7, 11) is 0. The van der Waals surface area contributed by atoms with Crippen molar-refractivity contribution >= 4 is 17.4 Å². The smallest absolute Gasteiger partial charge is 0.391 e. The van der Waals surface area contributed by atoms with Crippen LogP contribution in [0.2, 0.25) is 0 Å². The highest BCUT2D eigenvalue weighted by atomic mass is 32.1. The Morgan fingerprint density at radius 1 is 1.30 bits per heavy atom. The maximum atomic E-state index is 12.6. The van der Waals surface area contributed by atoms with Gasteiger partial charge in [-0.05, 0) is 35.6 Å². The minimum absolute atomic E-state index is 0.113. The molecule has 2 aromatic rings. The number of hydrogen-bond donors (Lipinski definition) is 1. The Kier molecular flexibility index (Phi) is 4.07. The van der Waals surface area contributed by atoms with Gasteiger partial charge in [0.2, 0.25) is 0 Å². The second-order valence-electron chi connectivity index (χ2n) is 5.27. The number of carbonyl (C=O) groups excluding carboxylic acids is 1. The van der Waals surface area contributed by atoms with Crippen LogP contribution in [-0.2, 0) is 6.18 Å². The Morgan fingerprint density at radius 2 is 2.00 bits per heavy atom. The molecule has 3 rings (SSSR count). The first-order valence-corrected chi connectivity index (χ1v) is 7.63. The zero-order valence-electron chi connectivity index (χ0n) is 11.7. The molecule has 2 heterocycles. The van der Waals surface area contributed by atoms with E-state index >= 15 is 0 Å². The highest BCUT2D eigenvalue weighted by molar-refractivity contribution is 7.03. The lowest BCUT2D eigenvalue weighted by atomic mass is 10.0. The molecule has 1 fully saturated rings. The van der Waals surface area contributed by atoms with Crippen molar-refractivity contribution < 1.29 is 23.1 Å². The van der Waals surface area contributed by atoms with E-state index in [2.05, 4.69) is 9.59 Å². The molecule has 1 amide bonds. The average Bonchev–Trinajstić information content (AvgIpc) is 3.15. The lowest BCUT2D eigenvalue weighted by Gasteiger charge is -2.24. The number of aliphatic hydroxyl groups is 1. The molecule has 2 atom stereocenters. The van der Waals surface area contributed by atoms with Crippen LogP contribution in [0.15, 0.2) is 29.6 Å². The standard InChI is InChI=1S/C14H12F3N3O2S/c15-14(16,17)9-3-1-8(2-4-9)12-5-10(21)6-20(12)13(22)11-7-23-19-18-11/h1-4,7,10,12,21H,5-6H2. The number of β-amino-alcohol motifs (C(OH)–C–C–N with tert-alkyl or cyclic N) is 1. The van der Waals surface area contributed by atoms with Crippen LogP contribution in [0.3, 0.4) is 0 Å². The average molecular weight is 343 g/mol. The third-order valence-corrected chi connectivity index (χ3v) is 4.25. The third-order valence-electron chi connectivity index (χ3n) is 3.74. The van der Waals surface area contributed by atoms with Gasteiger partial charge in [0, 0.05) is 11.9 Å². The van der Waals surface area contributed by atoms with Crippen molar-refractivity contribution in [3.63, 3.8) is 0 Å². The molecule has 1 aromatic heterocycles. The van der Waals surface area contributed by atoms with E-state index in [1.807, 2.05) is 0 Å². The predicted octanol–water partition coefficient (Wildman–Crippen LogP) is 2.51. The summed E-state index contributed by atoms with van der Waals surface area (Å²) in [6.45, 7) is 0.113. The molecule has 1 aliphatic heterocycles. The fourth-order valence-electron chi connectivity index (χ4n) is 2.65. The summed E-state index contributed by atoms with van der Waals surface area (Å²) in [4.78, 5) is 13.8. The number of hydrogen-bond acceptors (Lipinski definition) is 5. The maximum Gasteiger partial charge on any atom is 0.416 e. The molecule has 1 aromatic carbocycles. The van der Waals surface area contributed by atoms with Gasteiger partial charge < -0.3 is 10.0 Å². The number of amides is 1. The van der Waals surface area contributed by atoms with Crippen LogP contribution in [0.25, 0.3) is 0 Å². The van der Waals surface area contributed by atoms with Crippen LogP contribution in [-0.4, -0.2) is 38.1 Å². The normalized spacial score (nSPS) is 21.7. The Bertz CT molecular complexity index is 688. The first-order chi connectivity index (χ1) is 10.9. The van der Waals surface area contributed by atoms with E-state index < -0.39 is 23.9 Å². The minimum atomic E-state index is -4.41. The molecule has 23 heavy (non-hydrogen) atoms. The number of halogens is 3. The number of aromatic nitrogens is 2. The minimum Gasteiger partial charge on any atom is -0.391 e. The predicted molar refractivity (Wildman–Crippen MR) is 75.8 cm³/mol. The van der Waals surface area contributed by atoms with Crippen molar-refractivity contribution in [3.05, 3.63) is 46.5 Å². The van der Waals surface area contributed by atoms with Gasteiger partial charge in [0.05, 0.1) is 17.7 Å². The quantitative estimate of drug-likeness (QED) is 0.910. The lowest BCUT2D eigenvalue weighted by molar-refractivity contribution is -0.137. The first-order valence-electron chi connectivity index (χ1n) is 6.79. The molecule has 1 aliphatic rings. The van der Waals surface area contributed by atoms with E-state index in [1.165, 1.54) is 22.4 Å². The molecule has 122 valence electrons. The Hall–Kier alpha value is -2.00. The highest BCUT2D eigenvalue weighted by Crippen LogP contribution is 2.35. The number of nitrogens with zero attached hydrogens (tertiary/aromatic N) is 3. The summed E-state index contributed by atoms with van der Waals surface area (Å²) in [5.74, 6) is -0.389. The summed E-state index contributed by atoms with van der Waals surface area (Å²) in [5.41, 5.74) is -0.0338. The number of likely N-dealkylation sites (tertiary alicyclic amines) is 1. The second kappa shape index (κ2) is 5.89. The van der Waals surface area contributed by atoms with Gasteiger partial charge in [-0.3, -0.25) is 4.79 Å². The molecule has 2 unspecified atom stereocenters. The molecular formula is C14H12F3N3O2S.